The summed E-state index contributed by atoms with van der Waals surface area (Å²) >= 11 is 0. The Morgan fingerprint density at radius 1 is 1.25 bits per heavy atom. The minimum absolute atomic E-state index is 0.666. The molecule has 16 heavy (non-hydrogen) atoms. The highest BCUT2D eigenvalue weighted by Crippen LogP contribution is 2.23. The van der Waals surface area contributed by atoms with Gasteiger partial charge in [0.1, 0.15) is 0 Å². The molecule has 0 aliphatic carbocycles. The molecule has 0 aliphatic heterocycles. The first-order chi connectivity index (χ1) is 7.69. The maximum atomic E-state index is 3.50. The molecule has 0 heterocycles. The Kier molecular flexibility index (Phi) is 5.54. The summed E-state index contributed by atoms with van der Waals surface area (Å²) in [6.07, 6.45) is 2.41. The minimum Gasteiger partial charge on any atom is -0.313 e. The summed E-state index contributed by atoms with van der Waals surface area (Å²) < 4.78 is 0. The summed E-state index contributed by atoms with van der Waals surface area (Å²) in [4.78, 5) is 0. The van der Waals surface area contributed by atoms with Crippen LogP contribution in [0.25, 0.3) is 0 Å². The van der Waals surface area contributed by atoms with Crippen molar-refractivity contribution in [2.24, 2.45) is 0 Å². The summed E-state index contributed by atoms with van der Waals surface area (Å²) in [7, 11) is 0. The molecule has 1 atom stereocenters. The van der Waals surface area contributed by atoms with Gasteiger partial charge in [-0.25, -0.2) is 0 Å². The van der Waals surface area contributed by atoms with Crippen molar-refractivity contribution in [3.8, 4) is 0 Å². The van der Waals surface area contributed by atoms with E-state index in [1.165, 1.54) is 29.5 Å². The third-order valence-corrected chi connectivity index (χ3v) is 3.18. The van der Waals surface area contributed by atoms with E-state index < -0.39 is 0 Å². The zero-order valence-corrected chi connectivity index (χ0v) is 11.1. The van der Waals surface area contributed by atoms with Crippen molar-refractivity contribution in [2.75, 3.05) is 6.54 Å². The molecular weight excluding hydrogens is 194 g/mol. The molecule has 0 fully saturated rings. The van der Waals surface area contributed by atoms with Crippen LogP contribution in [-0.4, -0.2) is 6.54 Å². The van der Waals surface area contributed by atoms with Gasteiger partial charge >= 0.3 is 0 Å². The Morgan fingerprint density at radius 2 is 2.00 bits per heavy atom. The van der Waals surface area contributed by atoms with Gasteiger partial charge in [-0.2, -0.15) is 0 Å². The molecule has 0 saturated carbocycles. The third kappa shape index (κ3) is 3.64. The summed E-state index contributed by atoms with van der Waals surface area (Å²) in [6, 6.07) is 6.85. The highest BCUT2D eigenvalue weighted by molar-refractivity contribution is 5.33. The first-order valence-corrected chi connectivity index (χ1v) is 6.49. The average Bonchev–Trinajstić information content (AvgIpc) is 2.29. The summed E-state index contributed by atoms with van der Waals surface area (Å²) in [5, 5.41) is 3.50. The molecular formula is C15H25N. The van der Waals surface area contributed by atoms with Gasteiger partial charge in [0.2, 0.25) is 0 Å². The van der Waals surface area contributed by atoms with Crippen molar-refractivity contribution in [1.29, 1.82) is 0 Å². The Hall–Kier alpha value is -0.820. The second-order valence-electron chi connectivity index (χ2n) is 4.69. The van der Waals surface area contributed by atoms with Crippen molar-refractivity contribution < 1.29 is 0 Å². The van der Waals surface area contributed by atoms with Gasteiger partial charge in [-0.1, -0.05) is 44.5 Å². The minimum atomic E-state index is 0.666. The van der Waals surface area contributed by atoms with Crippen LogP contribution < -0.4 is 5.32 Å². The Bertz CT molecular complexity index is 317. The van der Waals surface area contributed by atoms with E-state index in [0.717, 1.165) is 13.1 Å². The zero-order valence-electron chi connectivity index (χ0n) is 11.1. The predicted octanol–water partition coefficient (Wildman–Crippen LogP) is 4.01. The summed E-state index contributed by atoms with van der Waals surface area (Å²) in [5.74, 6) is 0.666. The van der Waals surface area contributed by atoms with Gasteiger partial charge in [-0.05, 0) is 43.4 Å². The van der Waals surface area contributed by atoms with Gasteiger partial charge < -0.3 is 5.32 Å². The second kappa shape index (κ2) is 6.70. The van der Waals surface area contributed by atoms with Gasteiger partial charge in [0.05, 0.1) is 0 Å². The molecule has 1 aromatic rings. The van der Waals surface area contributed by atoms with Gasteiger partial charge in [0, 0.05) is 6.54 Å². The van der Waals surface area contributed by atoms with Crippen LogP contribution in [0.5, 0.6) is 0 Å². The van der Waals surface area contributed by atoms with E-state index in [-0.39, 0.29) is 0 Å². The summed E-state index contributed by atoms with van der Waals surface area (Å²) in [5.41, 5.74) is 4.35. The van der Waals surface area contributed by atoms with Crippen LogP contribution >= 0.6 is 0 Å². The lowest BCUT2D eigenvalue weighted by Crippen LogP contribution is -2.15. The normalized spacial score (nSPS) is 12.8. The van der Waals surface area contributed by atoms with E-state index in [2.05, 4.69) is 51.2 Å². The van der Waals surface area contributed by atoms with Crippen LogP contribution in [0.1, 0.15) is 56.2 Å². The molecule has 0 amide bonds. The third-order valence-electron chi connectivity index (χ3n) is 3.18. The van der Waals surface area contributed by atoms with Crippen LogP contribution in [-0.2, 0) is 6.54 Å². The van der Waals surface area contributed by atoms with Crippen molar-refractivity contribution in [1.82, 2.24) is 5.32 Å². The van der Waals surface area contributed by atoms with Crippen LogP contribution in [0.2, 0.25) is 0 Å². The molecule has 0 aliphatic rings. The standard InChI is InChI=1S/C15H25N/c1-5-9-16-11-14-10-12(3)7-8-15(14)13(4)6-2/h7-8,10,13,16H,5-6,9,11H2,1-4H3. The number of hydrogen-bond acceptors (Lipinski definition) is 1. The molecule has 0 saturated heterocycles. The fraction of sp³-hybridized carbons (Fsp3) is 0.600. The van der Waals surface area contributed by atoms with E-state index in [9.17, 15) is 0 Å². The van der Waals surface area contributed by atoms with Gasteiger partial charge in [0.15, 0.2) is 0 Å². The number of rotatable bonds is 6. The molecule has 1 nitrogen and oxygen atoms in total. The molecule has 1 heteroatoms. The average molecular weight is 219 g/mol. The molecule has 1 rings (SSSR count). The molecule has 0 spiro atoms. The molecule has 1 N–H and O–H groups in total. The fourth-order valence-corrected chi connectivity index (χ4v) is 1.99. The second-order valence-corrected chi connectivity index (χ2v) is 4.69. The first kappa shape index (κ1) is 13.2. The van der Waals surface area contributed by atoms with Gasteiger partial charge in [-0.15, -0.1) is 0 Å². The van der Waals surface area contributed by atoms with Gasteiger partial charge in [-0.3, -0.25) is 0 Å². The predicted molar refractivity (Wildman–Crippen MR) is 71.9 cm³/mol. The maximum Gasteiger partial charge on any atom is 0.0208 e. The Labute approximate surface area is 100 Å². The molecule has 1 unspecified atom stereocenters. The summed E-state index contributed by atoms with van der Waals surface area (Å²) in [6.45, 7) is 11.1. The van der Waals surface area contributed by atoms with Crippen molar-refractivity contribution in [2.45, 2.75) is 53.0 Å². The van der Waals surface area contributed by atoms with E-state index in [0.29, 0.717) is 5.92 Å². The van der Waals surface area contributed by atoms with Crippen LogP contribution in [0.4, 0.5) is 0 Å². The van der Waals surface area contributed by atoms with Crippen molar-refractivity contribution in [3.05, 3.63) is 34.9 Å². The van der Waals surface area contributed by atoms with E-state index >= 15 is 0 Å². The lowest BCUT2D eigenvalue weighted by atomic mass is 9.92. The molecule has 0 radical (unpaired) electrons. The number of hydrogen-bond donors (Lipinski definition) is 1. The number of aryl methyl sites for hydroxylation is 1. The quantitative estimate of drug-likeness (QED) is 0.713. The smallest absolute Gasteiger partial charge is 0.0208 e. The van der Waals surface area contributed by atoms with E-state index in [1.54, 1.807) is 0 Å². The molecule has 0 aromatic heterocycles. The largest absolute Gasteiger partial charge is 0.313 e. The van der Waals surface area contributed by atoms with Crippen LogP contribution in [0, 0.1) is 6.92 Å². The topological polar surface area (TPSA) is 12.0 Å². The van der Waals surface area contributed by atoms with E-state index in [4.69, 9.17) is 0 Å². The number of nitrogens with one attached hydrogen (secondary N) is 1. The Morgan fingerprint density at radius 3 is 2.62 bits per heavy atom. The molecule has 0 bridgehead atoms. The SMILES string of the molecule is CCCNCc1cc(C)ccc1C(C)CC. The van der Waals surface area contributed by atoms with Gasteiger partial charge in [0.25, 0.3) is 0 Å². The van der Waals surface area contributed by atoms with Crippen molar-refractivity contribution in [3.63, 3.8) is 0 Å². The maximum absolute atomic E-state index is 3.50. The van der Waals surface area contributed by atoms with E-state index in [1.807, 2.05) is 0 Å². The molecule has 90 valence electrons. The lowest BCUT2D eigenvalue weighted by Gasteiger charge is -2.16. The first-order valence-electron chi connectivity index (χ1n) is 6.49. The Balaban J connectivity index is 2.81. The molecule has 1 aromatic carbocycles. The van der Waals surface area contributed by atoms with Crippen LogP contribution in [0.3, 0.4) is 0 Å². The fourth-order valence-electron chi connectivity index (χ4n) is 1.99. The monoisotopic (exact) mass is 219 g/mol. The lowest BCUT2D eigenvalue weighted by molar-refractivity contribution is 0.655. The highest BCUT2D eigenvalue weighted by Gasteiger charge is 2.08. The number of benzene rings is 1. The highest BCUT2D eigenvalue weighted by atomic mass is 14.8. The zero-order chi connectivity index (χ0) is 12.0. The van der Waals surface area contributed by atoms with Crippen molar-refractivity contribution >= 4 is 0 Å². The van der Waals surface area contributed by atoms with Crippen LogP contribution in [0.15, 0.2) is 18.2 Å².